The standard InChI is InChI=1S/C16H13ClF3N3O/c17-12-5-1-9(16(18,19)20)7-14(12)23-15(24)13-6-4-11(8-21-13)22-10-2-3-10/h1,4-8,10,22H,2-3H2,(H,23,24). The van der Waals surface area contributed by atoms with Gasteiger partial charge in [0.2, 0.25) is 0 Å². The molecule has 0 unspecified atom stereocenters. The highest BCUT2D eigenvalue weighted by Crippen LogP contribution is 2.34. The van der Waals surface area contributed by atoms with Gasteiger partial charge in [0.1, 0.15) is 5.69 Å². The van der Waals surface area contributed by atoms with Crippen LogP contribution in [0.1, 0.15) is 28.9 Å². The first-order chi connectivity index (χ1) is 11.3. The molecular weight excluding hydrogens is 343 g/mol. The van der Waals surface area contributed by atoms with Crippen molar-refractivity contribution in [1.82, 2.24) is 4.98 Å². The number of anilines is 2. The van der Waals surface area contributed by atoms with Crippen LogP contribution in [0.5, 0.6) is 0 Å². The van der Waals surface area contributed by atoms with Crippen LogP contribution in [0.4, 0.5) is 24.5 Å². The zero-order chi connectivity index (χ0) is 17.3. The molecule has 1 aliphatic carbocycles. The van der Waals surface area contributed by atoms with Gasteiger partial charge in [-0.05, 0) is 43.2 Å². The maximum absolute atomic E-state index is 12.7. The number of pyridine rings is 1. The van der Waals surface area contributed by atoms with E-state index in [0.29, 0.717) is 6.04 Å². The van der Waals surface area contributed by atoms with Crippen molar-refractivity contribution >= 4 is 28.9 Å². The molecule has 0 spiro atoms. The molecule has 0 atom stereocenters. The highest BCUT2D eigenvalue weighted by atomic mass is 35.5. The number of aromatic nitrogens is 1. The van der Waals surface area contributed by atoms with Gasteiger partial charge in [0.25, 0.3) is 5.91 Å². The first-order valence-electron chi connectivity index (χ1n) is 7.23. The van der Waals surface area contributed by atoms with E-state index >= 15 is 0 Å². The smallest absolute Gasteiger partial charge is 0.381 e. The van der Waals surface area contributed by atoms with E-state index < -0.39 is 17.6 Å². The maximum Gasteiger partial charge on any atom is 0.416 e. The van der Waals surface area contributed by atoms with Gasteiger partial charge in [-0.2, -0.15) is 13.2 Å². The molecule has 24 heavy (non-hydrogen) atoms. The summed E-state index contributed by atoms with van der Waals surface area (Å²) in [7, 11) is 0. The monoisotopic (exact) mass is 355 g/mol. The summed E-state index contributed by atoms with van der Waals surface area (Å²) < 4.78 is 38.2. The lowest BCUT2D eigenvalue weighted by Gasteiger charge is -2.11. The van der Waals surface area contributed by atoms with Gasteiger partial charge in [-0.3, -0.25) is 4.79 Å². The third-order valence-corrected chi connectivity index (χ3v) is 3.82. The number of carbonyl (C=O) groups is 1. The Balaban J connectivity index is 1.74. The molecule has 1 amide bonds. The highest BCUT2D eigenvalue weighted by molar-refractivity contribution is 6.33. The summed E-state index contributed by atoms with van der Waals surface area (Å²) in [6.45, 7) is 0. The maximum atomic E-state index is 12.7. The van der Waals surface area contributed by atoms with Crippen LogP contribution < -0.4 is 10.6 Å². The summed E-state index contributed by atoms with van der Waals surface area (Å²) in [6.07, 6.45) is -0.786. The Bertz CT molecular complexity index is 758. The molecule has 1 aromatic heterocycles. The van der Waals surface area contributed by atoms with Gasteiger partial charge in [-0.25, -0.2) is 4.98 Å². The summed E-state index contributed by atoms with van der Waals surface area (Å²) >= 11 is 5.85. The van der Waals surface area contributed by atoms with Crippen molar-refractivity contribution in [1.29, 1.82) is 0 Å². The third-order valence-electron chi connectivity index (χ3n) is 3.49. The fraction of sp³-hybridized carbons (Fsp3) is 0.250. The molecule has 8 heteroatoms. The Morgan fingerprint density at radius 2 is 1.96 bits per heavy atom. The summed E-state index contributed by atoms with van der Waals surface area (Å²) in [6, 6.07) is 6.40. The van der Waals surface area contributed by atoms with Crippen LogP contribution >= 0.6 is 11.6 Å². The zero-order valence-corrected chi connectivity index (χ0v) is 13.1. The number of alkyl halides is 3. The first-order valence-corrected chi connectivity index (χ1v) is 7.61. The molecule has 0 radical (unpaired) electrons. The topological polar surface area (TPSA) is 54.0 Å². The largest absolute Gasteiger partial charge is 0.416 e. The van der Waals surface area contributed by atoms with Crippen molar-refractivity contribution in [3.8, 4) is 0 Å². The number of halogens is 4. The van der Waals surface area contributed by atoms with E-state index in [-0.39, 0.29) is 16.4 Å². The van der Waals surface area contributed by atoms with Gasteiger partial charge in [0.05, 0.1) is 28.2 Å². The number of nitrogens with zero attached hydrogens (tertiary/aromatic N) is 1. The van der Waals surface area contributed by atoms with Crippen LogP contribution in [0.15, 0.2) is 36.5 Å². The summed E-state index contributed by atoms with van der Waals surface area (Å²) in [5.74, 6) is -0.630. The molecule has 1 aliphatic rings. The molecule has 1 heterocycles. The van der Waals surface area contributed by atoms with Crippen molar-refractivity contribution in [2.75, 3.05) is 10.6 Å². The number of benzene rings is 1. The van der Waals surface area contributed by atoms with Crippen LogP contribution in [-0.4, -0.2) is 16.9 Å². The second-order valence-electron chi connectivity index (χ2n) is 5.50. The minimum atomic E-state index is -4.52. The van der Waals surface area contributed by atoms with Crippen LogP contribution in [0.3, 0.4) is 0 Å². The predicted molar refractivity (Wildman–Crippen MR) is 85.3 cm³/mol. The molecule has 1 fully saturated rings. The second kappa shape index (κ2) is 6.32. The van der Waals surface area contributed by atoms with Crippen LogP contribution in [0.2, 0.25) is 5.02 Å². The molecule has 2 N–H and O–H groups in total. The Morgan fingerprint density at radius 3 is 2.54 bits per heavy atom. The minimum absolute atomic E-state index is 0.0170. The number of hydrogen-bond acceptors (Lipinski definition) is 3. The zero-order valence-electron chi connectivity index (χ0n) is 12.3. The Morgan fingerprint density at radius 1 is 1.21 bits per heavy atom. The number of nitrogens with one attached hydrogen (secondary N) is 2. The van der Waals surface area contributed by atoms with E-state index in [9.17, 15) is 18.0 Å². The van der Waals surface area contributed by atoms with Crippen molar-refractivity contribution in [3.63, 3.8) is 0 Å². The molecule has 4 nitrogen and oxygen atoms in total. The summed E-state index contributed by atoms with van der Waals surface area (Å²) in [5.41, 5.74) is -0.117. The van der Waals surface area contributed by atoms with Crippen molar-refractivity contribution < 1.29 is 18.0 Å². The number of rotatable bonds is 4. The predicted octanol–water partition coefficient (Wildman–Crippen LogP) is 4.58. The number of hydrogen-bond donors (Lipinski definition) is 2. The Kier molecular flexibility index (Phi) is 4.36. The van der Waals surface area contributed by atoms with Gasteiger partial charge in [0.15, 0.2) is 0 Å². The fourth-order valence-electron chi connectivity index (χ4n) is 2.06. The quantitative estimate of drug-likeness (QED) is 0.844. The van der Waals surface area contributed by atoms with Crippen LogP contribution in [0.25, 0.3) is 0 Å². The SMILES string of the molecule is O=C(Nc1cc(C(F)(F)F)ccc1Cl)c1ccc(NC2CC2)cn1. The average Bonchev–Trinajstić information content (AvgIpc) is 3.33. The molecule has 0 aliphatic heterocycles. The van der Waals surface area contributed by atoms with Gasteiger partial charge in [-0.15, -0.1) is 0 Å². The van der Waals surface area contributed by atoms with Gasteiger partial charge in [0, 0.05) is 6.04 Å². The van der Waals surface area contributed by atoms with E-state index in [0.717, 1.165) is 36.7 Å². The average molecular weight is 356 g/mol. The van der Waals surface area contributed by atoms with Crippen molar-refractivity contribution in [3.05, 3.63) is 52.8 Å². The van der Waals surface area contributed by atoms with E-state index in [1.807, 2.05) is 0 Å². The molecular formula is C16H13ClF3N3O. The van der Waals surface area contributed by atoms with Gasteiger partial charge in [-0.1, -0.05) is 11.6 Å². The molecule has 1 aromatic carbocycles. The molecule has 126 valence electrons. The Labute approximate surface area is 141 Å². The van der Waals surface area contributed by atoms with Crippen LogP contribution in [-0.2, 0) is 6.18 Å². The highest BCUT2D eigenvalue weighted by Gasteiger charge is 2.31. The van der Waals surface area contributed by atoms with Gasteiger partial charge < -0.3 is 10.6 Å². The lowest BCUT2D eigenvalue weighted by atomic mass is 10.2. The van der Waals surface area contributed by atoms with E-state index in [1.54, 1.807) is 6.07 Å². The summed E-state index contributed by atoms with van der Waals surface area (Å²) in [4.78, 5) is 16.2. The fourth-order valence-corrected chi connectivity index (χ4v) is 2.23. The normalized spacial score (nSPS) is 14.3. The van der Waals surface area contributed by atoms with E-state index in [1.165, 1.54) is 12.3 Å². The number of amides is 1. The lowest BCUT2D eigenvalue weighted by molar-refractivity contribution is -0.137. The molecule has 3 rings (SSSR count). The molecule has 0 saturated heterocycles. The first kappa shape index (κ1) is 16.6. The molecule has 1 saturated carbocycles. The minimum Gasteiger partial charge on any atom is -0.381 e. The summed E-state index contributed by atoms with van der Waals surface area (Å²) in [5, 5.41) is 5.60. The van der Waals surface area contributed by atoms with E-state index in [4.69, 9.17) is 11.6 Å². The van der Waals surface area contributed by atoms with E-state index in [2.05, 4.69) is 15.6 Å². The second-order valence-corrected chi connectivity index (χ2v) is 5.90. The van der Waals surface area contributed by atoms with Crippen molar-refractivity contribution in [2.24, 2.45) is 0 Å². The Hall–Kier alpha value is -2.28. The van der Waals surface area contributed by atoms with Crippen LogP contribution in [0, 0.1) is 0 Å². The molecule has 0 bridgehead atoms. The third kappa shape index (κ3) is 3.97. The van der Waals surface area contributed by atoms with Crippen molar-refractivity contribution in [2.45, 2.75) is 25.1 Å². The number of carbonyl (C=O) groups excluding carboxylic acids is 1. The van der Waals surface area contributed by atoms with Gasteiger partial charge >= 0.3 is 6.18 Å². The molecule has 2 aromatic rings. The lowest BCUT2D eigenvalue weighted by Crippen LogP contribution is -2.15.